The molecule has 91 heavy (non-hydrogen) atoms. The number of aryl methyl sites for hydroxylation is 2. The molecular weight excluding hydrogens is 1220 g/mol. The summed E-state index contributed by atoms with van der Waals surface area (Å²) in [6.07, 6.45) is -0.135. The number of carbonyl (C=O) groups is 6. The van der Waals surface area contributed by atoms with E-state index < -0.39 is 101 Å². The van der Waals surface area contributed by atoms with E-state index in [0.717, 1.165) is 22.3 Å². The molecule has 14 atom stereocenters. The largest absolute Gasteiger partial charge is 0.504 e. The third kappa shape index (κ3) is 9.95. The lowest BCUT2D eigenvalue weighted by atomic mass is 9.72. The molecule has 4 aromatic carbocycles. The fourth-order valence-corrected chi connectivity index (χ4v) is 18.7. The lowest BCUT2D eigenvalue weighted by Gasteiger charge is -2.59. The van der Waals surface area contributed by atoms with Gasteiger partial charge < -0.3 is 84.0 Å². The number of amides is 2. The summed E-state index contributed by atoms with van der Waals surface area (Å²) in [4.78, 5) is 80.0. The van der Waals surface area contributed by atoms with E-state index in [1.54, 1.807) is 13.8 Å². The molecule has 10 aliphatic rings. The number of aromatic hydroxyl groups is 2. The molecule has 4 fully saturated rings. The van der Waals surface area contributed by atoms with Gasteiger partial charge in [0, 0.05) is 102 Å². The molecule has 28 heteroatoms. The Labute approximate surface area is 531 Å². The van der Waals surface area contributed by atoms with Crippen molar-refractivity contribution < 1.29 is 91.5 Å². The number of benzene rings is 4. The van der Waals surface area contributed by atoms with Crippen molar-refractivity contribution in [3.63, 3.8) is 0 Å². The number of methoxy groups -OCH3 is 2. The number of fused-ring (bicyclic) bond motifs is 18. The molecule has 10 heterocycles. The number of thioether (sulfide) groups is 2. The first-order valence-corrected chi connectivity index (χ1v) is 32.0. The fourth-order valence-electron chi connectivity index (χ4n) is 15.6. The van der Waals surface area contributed by atoms with E-state index in [4.69, 9.17) is 47.4 Å². The first-order chi connectivity index (χ1) is 43.6. The Kier molecular flexibility index (Phi) is 16.1. The Morgan fingerprint density at radius 2 is 1.02 bits per heavy atom. The number of aliphatic hydroxyl groups is 1. The Bertz CT molecular complexity index is 3840. The van der Waals surface area contributed by atoms with E-state index in [2.05, 4.69) is 32.2 Å². The van der Waals surface area contributed by atoms with E-state index in [-0.39, 0.29) is 67.7 Å². The minimum Gasteiger partial charge on any atom is -0.504 e. The van der Waals surface area contributed by atoms with Crippen LogP contribution in [0.4, 0.5) is 0 Å². The number of carbonyl (C=O) groups excluding carboxylic acids is 6. The second kappa shape index (κ2) is 23.6. The fraction of sp³-hybridized carbons (Fsp3) is 0.508. The van der Waals surface area contributed by atoms with Gasteiger partial charge in [0.2, 0.25) is 25.4 Å². The predicted octanol–water partition coefficient (Wildman–Crippen LogP) is 4.21. The topological polar surface area (TPSA) is 334 Å². The van der Waals surface area contributed by atoms with Gasteiger partial charge in [0.1, 0.15) is 49.1 Å². The van der Waals surface area contributed by atoms with Crippen LogP contribution in [0.5, 0.6) is 57.5 Å². The zero-order valence-electron chi connectivity index (χ0n) is 51.4. The second-order valence-electron chi connectivity index (χ2n) is 24.3. The van der Waals surface area contributed by atoms with Gasteiger partial charge in [0.05, 0.1) is 61.0 Å². The Hall–Kier alpha value is -7.91. The van der Waals surface area contributed by atoms with Crippen LogP contribution < -0.4 is 59.2 Å². The summed E-state index contributed by atoms with van der Waals surface area (Å²) < 4.78 is 58.7. The van der Waals surface area contributed by atoms with Crippen LogP contribution in [-0.4, -0.2) is 162 Å². The maximum Gasteiger partial charge on any atom is 0.329 e. The van der Waals surface area contributed by atoms with Crippen molar-refractivity contribution in [3.8, 4) is 63.6 Å². The number of esters is 4. The molecule has 0 aromatic heterocycles. The van der Waals surface area contributed by atoms with E-state index in [1.165, 1.54) is 65.4 Å². The third-order valence-electron chi connectivity index (χ3n) is 18.9. The Morgan fingerprint density at radius 1 is 0.604 bits per heavy atom. The lowest BCUT2D eigenvalue weighted by molar-refractivity contribution is -0.160. The molecular formula is C63H69N7O19S2. The highest BCUT2D eigenvalue weighted by atomic mass is 32.2. The van der Waals surface area contributed by atoms with Crippen LogP contribution in [0.15, 0.2) is 12.1 Å². The number of hydrogen-bond donors (Lipinski definition) is 7. The van der Waals surface area contributed by atoms with Crippen molar-refractivity contribution in [2.75, 3.05) is 52.5 Å². The number of aliphatic hydroxyl groups excluding tert-OH is 1. The van der Waals surface area contributed by atoms with Gasteiger partial charge in [-0.05, 0) is 62.8 Å². The first-order valence-electron chi connectivity index (χ1n) is 29.9. The van der Waals surface area contributed by atoms with Gasteiger partial charge in [0.25, 0.3) is 0 Å². The van der Waals surface area contributed by atoms with Crippen molar-refractivity contribution in [2.24, 2.45) is 0 Å². The summed E-state index contributed by atoms with van der Waals surface area (Å²) >= 11 is 2.75. The van der Waals surface area contributed by atoms with Crippen molar-refractivity contribution >= 4 is 59.2 Å². The number of nitrogens with zero attached hydrogens (tertiary/aromatic N) is 3. The SMILES string of the molecule is COc1c(C)cc2c(c1O)[C@H]1N[C@@H](C2)[C@H](C#N)N2C1[C@@H]1SCC(NC(C)=O)C(=O)OC[C@H]2c2c3c(c(C)c(OC(C)=O)c21)OCO3.COc1c(C)cc2c(c1O)[C@H]1N[C@@H](C2)[C@H](O)N2C1[C@@H]1SCC(NC(C)=O)C(=O)OC[C@H]2c2c3c(c(C)c(OC(C)=O)c21)OCO3. The summed E-state index contributed by atoms with van der Waals surface area (Å²) in [5, 5.41) is 57.7. The number of rotatable bonds is 6. The molecule has 4 saturated heterocycles. The third-order valence-corrected chi connectivity index (χ3v) is 21.7. The number of phenols is 2. The molecule has 10 aliphatic heterocycles. The summed E-state index contributed by atoms with van der Waals surface area (Å²) in [6, 6.07) is -0.400. The van der Waals surface area contributed by atoms with Crippen LogP contribution in [0, 0.1) is 39.0 Å². The highest BCUT2D eigenvalue weighted by molar-refractivity contribution is 7.99. The summed E-state index contributed by atoms with van der Waals surface area (Å²) in [6.45, 7) is 12.2. The minimum absolute atomic E-state index is 0.0163. The van der Waals surface area contributed by atoms with Crippen molar-refractivity contribution in [2.45, 2.75) is 151 Å². The van der Waals surface area contributed by atoms with Crippen LogP contribution in [0.25, 0.3) is 0 Å². The molecule has 26 nitrogen and oxygen atoms in total. The van der Waals surface area contributed by atoms with Crippen LogP contribution in [0.3, 0.4) is 0 Å². The zero-order chi connectivity index (χ0) is 64.5. The van der Waals surface area contributed by atoms with Crippen molar-refractivity contribution in [1.29, 1.82) is 5.26 Å². The molecule has 2 amide bonds. The Morgan fingerprint density at radius 3 is 1.45 bits per heavy atom. The van der Waals surface area contributed by atoms with Gasteiger partial charge in [0.15, 0.2) is 46.0 Å². The van der Waals surface area contributed by atoms with Crippen LogP contribution in [0.1, 0.15) is 129 Å². The molecule has 7 N–H and O–H groups in total. The molecule has 482 valence electrons. The van der Waals surface area contributed by atoms with Gasteiger partial charge in [-0.1, -0.05) is 12.1 Å². The van der Waals surface area contributed by atoms with E-state index in [1.807, 2.05) is 30.9 Å². The second-order valence-corrected chi connectivity index (χ2v) is 26.6. The molecule has 0 aliphatic carbocycles. The Balaban J connectivity index is 0.000000167. The maximum absolute atomic E-state index is 13.4. The van der Waals surface area contributed by atoms with E-state index >= 15 is 0 Å². The van der Waals surface area contributed by atoms with E-state index in [9.17, 15) is 49.3 Å². The van der Waals surface area contributed by atoms with Gasteiger partial charge in [-0.25, -0.2) is 9.59 Å². The standard InChI is InChI=1S/C32H34N4O9S.C31H35N3O10S/c1-12-6-16-7-17-19(8-33)36-20-9-42-32(40)18(34-14(3)37)10-46-31(25(36)24(35-17)21(16)26(39)27(12)41-5)23-22(20)30-29(43-11-44-30)13(2)28(23)45-15(4)38;1-11-6-15-7-16-30(38)34-18-8-41-31(39)17(32-13(3)35)9-45-29(23(34)22(33-16)19(15)24(37)25(11)40-5)21-20(18)28-27(42-10-43-28)12(2)26(21)44-14(4)36/h6,17-20,24-25,31,35,39H,7,9-11H2,1-5H3,(H,34,37);6,16-18,22-23,29-30,33,37-38H,7-10H2,1-5H3,(H,32,35)/t17-,18?,19-,20-,24+,25?,31+;16-,17?,18-,22+,23?,29+,30-/m00/s1. The van der Waals surface area contributed by atoms with Gasteiger partial charge in [-0.15, -0.1) is 23.5 Å². The average Bonchev–Trinajstić information content (AvgIpc) is 1.46. The molecule has 0 saturated carbocycles. The van der Waals surface area contributed by atoms with Crippen LogP contribution >= 0.6 is 23.5 Å². The summed E-state index contributed by atoms with van der Waals surface area (Å²) in [7, 11) is 3.02. The quantitative estimate of drug-likeness (QED) is 0.105. The average molecular weight is 1290 g/mol. The number of ether oxygens (including phenoxy) is 10. The number of nitrogens with one attached hydrogen (secondary N) is 4. The minimum atomic E-state index is -1.04. The molecule has 0 radical (unpaired) electrons. The normalized spacial score (nSPS) is 29.3. The smallest absolute Gasteiger partial charge is 0.329 e. The van der Waals surface area contributed by atoms with Crippen LogP contribution in [0.2, 0.25) is 0 Å². The number of phenolic OH excluding ortho intramolecular Hbond substituents is 2. The van der Waals surface area contributed by atoms with Gasteiger partial charge >= 0.3 is 23.9 Å². The molecule has 8 bridgehead atoms. The predicted molar refractivity (Wildman–Crippen MR) is 322 cm³/mol. The van der Waals surface area contributed by atoms with Crippen molar-refractivity contribution in [1.82, 2.24) is 31.1 Å². The highest BCUT2D eigenvalue weighted by Gasteiger charge is 2.61. The summed E-state index contributed by atoms with van der Waals surface area (Å²) in [5.41, 5.74) is 8.37. The van der Waals surface area contributed by atoms with Crippen LogP contribution in [-0.2, 0) is 51.1 Å². The zero-order valence-corrected chi connectivity index (χ0v) is 53.1. The summed E-state index contributed by atoms with van der Waals surface area (Å²) in [5.74, 6) is 0.354. The monoisotopic (exact) mass is 1290 g/mol. The van der Waals surface area contributed by atoms with Gasteiger partial charge in [-0.2, -0.15) is 5.26 Å². The number of piperazine rings is 2. The maximum atomic E-state index is 13.4. The molecule has 4 unspecified atom stereocenters. The molecule has 0 spiro atoms. The van der Waals surface area contributed by atoms with E-state index in [0.29, 0.717) is 103 Å². The lowest BCUT2D eigenvalue weighted by Crippen LogP contribution is -2.69. The molecule has 14 rings (SSSR count). The number of cyclic esters (lactones) is 2. The van der Waals surface area contributed by atoms with Crippen molar-refractivity contribution in [3.05, 3.63) is 78.9 Å². The molecule has 4 aromatic rings. The number of nitriles is 1. The number of hydrogen-bond acceptors (Lipinski definition) is 26. The highest BCUT2D eigenvalue weighted by Crippen LogP contribution is 2.65. The van der Waals surface area contributed by atoms with Gasteiger partial charge in [-0.3, -0.25) is 29.0 Å². The first kappa shape index (κ1) is 61.9.